The van der Waals surface area contributed by atoms with Crippen molar-refractivity contribution in [3.63, 3.8) is 0 Å². The molecule has 0 N–H and O–H groups in total. The van der Waals surface area contributed by atoms with Crippen molar-refractivity contribution in [2.75, 3.05) is 47.1 Å². The molecular weight excluding hydrogens is 314 g/mol. The van der Waals surface area contributed by atoms with Crippen LogP contribution in [0.5, 0.6) is 0 Å². The summed E-state index contributed by atoms with van der Waals surface area (Å²) in [6.07, 6.45) is 1.03. The van der Waals surface area contributed by atoms with E-state index < -0.39 is 0 Å². The second-order valence-electron chi connectivity index (χ2n) is 7.05. The van der Waals surface area contributed by atoms with E-state index in [1.807, 2.05) is 7.11 Å². The molecule has 0 radical (unpaired) electrons. The Labute approximate surface area is 150 Å². The standard InChI is InChI=1S/C21H27NO3/c1-14-18(13-23-2)20-17(12-19(14)22-8-10-25-11-9-22)15-6-4-5-7-16(15)21(20)24-3/h4-7,18,21H,8-13H2,1-3H3/t18-,21-/m1/s1. The van der Waals surface area contributed by atoms with Crippen LogP contribution in [0.3, 0.4) is 0 Å². The number of methoxy groups -OCH3 is 2. The van der Waals surface area contributed by atoms with Gasteiger partial charge in [0.25, 0.3) is 0 Å². The number of hydrogen-bond acceptors (Lipinski definition) is 4. The van der Waals surface area contributed by atoms with E-state index in [2.05, 4.69) is 36.1 Å². The summed E-state index contributed by atoms with van der Waals surface area (Å²) in [4.78, 5) is 2.51. The van der Waals surface area contributed by atoms with Crippen LogP contribution in [-0.4, -0.2) is 52.0 Å². The van der Waals surface area contributed by atoms with Crippen molar-refractivity contribution in [2.45, 2.75) is 19.4 Å². The number of ether oxygens (including phenoxy) is 3. The number of allylic oxidation sites excluding steroid dienone is 1. The Hall–Kier alpha value is -1.62. The highest BCUT2D eigenvalue weighted by atomic mass is 16.5. The molecule has 2 aliphatic carbocycles. The quantitative estimate of drug-likeness (QED) is 0.840. The second kappa shape index (κ2) is 6.94. The molecule has 0 spiro atoms. The average Bonchev–Trinajstić information content (AvgIpc) is 2.98. The van der Waals surface area contributed by atoms with Crippen molar-refractivity contribution < 1.29 is 14.2 Å². The monoisotopic (exact) mass is 341 g/mol. The van der Waals surface area contributed by atoms with Gasteiger partial charge >= 0.3 is 0 Å². The van der Waals surface area contributed by atoms with E-state index in [1.165, 1.54) is 33.5 Å². The Morgan fingerprint density at radius 2 is 1.92 bits per heavy atom. The van der Waals surface area contributed by atoms with Gasteiger partial charge in [-0.3, -0.25) is 0 Å². The van der Waals surface area contributed by atoms with Gasteiger partial charge in [-0.25, -0.2) is 0 Å². The molecule has 4 heteroatoms. The predicted molar refractivity (Wildman–Crippen MR) is 98.2 cm³/mol. The summed E-state index contributed by atoms with van der Waals surface area (Å²) in [5.74, 6) is 0.281. The van der Waals surface area contributed by atoms with Crippen molar-refractivity contribution in [1.82, 2.24) is 4.90 Å². The number of morpholine rings is 1. The van der Waals surface area contributed by atoms with Gasteiger partial charge in [0.2, 0.25) is 0 Å². The van der Waals surface area contributed by atoms with E-state index in [1.54, 1.807) is 7.11 Å². The zero-order valence-corrected chi connectivity index (χ0v) is 15.4. The Morgan fingerprint density at radius 1 is 1.16 bits per heavy atom. The molecule has 134 valence electrons. The molecule has 0 amide bonds. The predicted octanol–water partition coefficient (Wildman–Crippen LogP) is 3.41. The number of fused-ring (bicyclic) bond motifs is 2. The van der Waals surface area contributed by atoms with Gasteiger partial charge in [-0.05, 0) is 34.8 Å². The molecule has 3 aliphatic rings. The molecule has 0 bridgehead atoms. The highest BCUT2D eigenvalue weighted by Gasteiger charge is 2.40. The fourth-order valence-electron chi connectivity index (χ4n) is 4.64. The maximum Gasteiger partial charge on any atom is 0.105 e. The van der Waals surface area contributed by atoms with E-state index in [0.29, 0.717) is 6.61 Å². The Morgan fingerprint density at radius 3 is 2.64 bits per heavy atom. The minimum absolute atomic E-state index is 0.0486. The van der Waals surface area contributed by atoms with Crippen molar-refractivity contribution in [3.8, 4) is 0 Å². The van der Waals surface area contributed by atoms with Crippen molar-refractivity contribution in [3.05, 3.63) is 52.2 Å². The Bertz CT molecular complexity index is 716. The van der Waals surface area contributed by atoms with Crippen molar-refractivity contribution in [2.24, 2.45) is 5.92 Å². The first-order chi connectivity index (χ1) is 12.3. The minimum Gasteiger partial charge on any atom is -0.384 e. The van der Waals surface area contributed by atoms with E-state index in [0.717, 1.165) is 32.7 Å². The SMILES string of the molecule is COC[C@@H]1C(C)=C(N2CCOCC2)CC2=C1[C@H](OC)c1ccccc12. The van der Waals surface area contributed by atoms with Crippen molar-refractivity contribution in [1.29, 1.82) is 0 Å². The zero-order chi connectivity index (χ0) is 17.4. The van der Waals surface area contributed by atoms with Gasteiger partial charge in [0, 0.05) is 45.3 Å². The highest BCUT2D eigenvalue weighted by molar-refractivity contribution is 5.81. The van der Waals surface area contributed by atoms with Gasteiger partial charge in [-0.2, -0.15) is 0 Å². The number of hydrogen-bond donors (Lipinski definition) is 0. The smallest absolute Gasteiger partial charge is 0.105 e. The fraction of sp³-hybridized carbons (Fsp3) is 0.524. The number of nitrogens with zero attached hydrogens (tertiary/aromatic N) is 1. The summed E-state index contributed by atoms with van der Waals surface area (Å²) >= 11 is 0. The summed E-state index contributed by atoms with van der Waals surface area (Å²) in [6.45, 7) is 6.55. The zero-order valence-electron chi connectivity index (χ0n) is 15.4. The topological polar surface area (TPSA) is 30.9 Å². The Balaban J connectivity index is 1.78. The molecule has 25 heavy (non-hydrogen) atoms. The van der Waals surface area contributed by atoms with Crippen LogP contribution in [0, 0.1) is 5.92 Å². The molecule has 1 aromatic rings. The molecule has 4 rings (SSSR count). The minimum atomic E-state index is 0.0486. The summed E-state index contributed by atoms with van der Waals surface area (Å²) in [7, 11) is 3.61. The molecule has 0 unspecified atom stereocenters. The molecule has 0 aromatic heterocycles. The summed E-state index contributed by atoms with van der Waals surface area (Å²) in [5.41, 5.74) is 8.38. The fourth-order valence-corrected chi connectivity index (χ4v) is 4.64. The molecule has 1 aliphatic heterocycles. The van der Waals surface area contributed by atoms with Gasteiger partial charge in [-0.15, -0.1) is 0 Å². The van der Waals surface area contributed by atoms with E-state index >= 15 is 0 Å². The third-order valence-electron chi connectivity index (χ3n) is 5.86. The van der Waals surface area contributed by atoms with E-state index in [9.17, 15) is 0 Å². The lowest BCUT2D eigenvalue weighted by atomic mass is 9.80. The van der Waals surface area contributed by atoms with Crippen LogP contribution in [-0.2, 0) is 14.2 Å². The maximum atomic E-state index is 5.94. The highest BCUT2D eigenvalue weighted by Crippen LogP contribution is 2.52. The lowest BCUT2D eigenvalue weighted by Gasteiger charge is -2.38. The summed E-state index contributed by atoms with van der Waals surface area (Å²) in [6, 6.07) is 8.69. The van der Waals surface area contributed by atoms with Crippen LogP contribution >= 0.6 is 0 Å². The molecule has 4 nitrogen and oxygen atoms in total. The van der Waals surface area contributed by atoms with Crippen LogP contribution in [0.2, 0.25) is 0 Å². The summed E-state index contributed by atoms with van der Waals surface area (Å²) in [5, 5.41) is 0. The van der Waals surface area contributed by atoms with E-state index in [4.69, 9.17) is 14.2 Å². The van der Waals surface area contributed by atoms with Crippen LogP contribution < -0.4 is 0 Å². The molecular formula is C21H27NO3. The lowest BCUT2D eigenvalue weighted by molar-refractivity contribution is 0.0510. The number of rotatable bonds is 4. The van der Waals surface area contributed by atoms with Crippen LogP contribution in [0.25, 0.3) is 5.57 Å². The first-order valence-electron chi connectivity index (χ1n) is 9.12. The van der Waals surface area contributed by atoms with Gasteiger partial charge in [0.1, 0.15) is 6.10 Å². The van der Waals surface area contributed by atoms with Gasteiger partial charge in [0.15, 0.2) is 0 Å². The molecule has 1 aromatic carbocycles. The van der Waals surface area contributed by atoms with E-state index in [-0.39, 0.29) is 12.0 Å². The Kier molecular flexibility index (Phi) is 4.67. The average molecular weight is 341 g/mol. The third kappa shape index (κ3) is 2.73. The largest absolute Gasteiger partial charge is 0.384 e. The lowest BCUT2D eigenvalue weighted by Crippen LogP contribution is -2.38. The first kappa shape index (κ1) is 16.8. The normalized spacial score (nSPS) is 26.1. The number of benzene rings is 1. The van der Waals surface area contributed by atoms with Crippen LogP contribution in [0.4, 0.5) is 0 Å². The molecule has 1 saturated heterocycles. The van der Waals surface area contributed by atoms with Gasteiger partial charge < -0.3 is 19.1 Å². The molecule has 1 heterocycles. The second-order valence-corrected chi connectivity index (χ2v) is 7.05. The van der Waals surface area contributed by atoms with Crippen molar-refractivity contribution >= 4 is 5.57 Å². The molecule has 1 fully saturated rings. The van der Waals surface area contributed by atoms with Gasteiger partial charge in [0.05, 0.1) is 19.8 Å². The molecule has 2 atom stereocenters. The summed E-state index contributed by atoms with van der Waals surface area (Å²) < 4.78 is 17.1. The molecule has 0 saturated carbocycles. The van der Waals surface area contributed by atoms with Crippen LogP contribution in [0.1, 0.15) is 30.6 Å². The first-order valence-corrected chi connectivity index (χ1v) is 9.12. The third-order valence-corrected chi connectivity index (χ3v) is 5.86. The van der Waals surface area contributed by atoms with Crippen LogP contribution in [0.15, 0.2) is 41.1 Å². The van der Waals surface area contributed by atoms with Gasteiger partial charge in [-0.1, -0.05) is 24.3 Å². The maximum absolute atomic E-state index is 5.94.